The Morgan fingerprint density at radius 3 is 2.89 bits per heavy atom. The monoisotopic (exact) mass is 297 g/mol. The van der Waals surface area contributed by atoms with Gasteiger partial charge < -0.3 is 10.3 Å². The molecule has 102 valence electrons. The van der Waals surface area contributed by atoms with Crippen LogP contribution in [0.25, 0.3) is 0 Å². The fourth-order valence-electron chi connectivity index (χ4n) is 1.54. The van der Waals surface area contributed by atoms with Crippen molar-refractivity contribution in [2.75, 3.05) is 5.73 Å². The number of nitrogen functional groups attached to an aromatic ring is 1. The molecule has 0 radical (unpaired) electrons. The van der Waals surface area contributed by atoms with Gasteiger partial charge in [-0.05, 0) is 24.1 Å². The van der Waals surface area contributed by atoms with E-state index in [0.29, 0.717) is 28.3 Å². The first-order valence-corrected chi connectivity index (χ1v) is 7.40. The van der Waals surface area contributed by atoms with Crippen molar-refractivity contribution in [3.8, 4) is 0 Å². The minimum Gasteiger partial charge on any atom is -0.398 e. The molecule has 19 heavy (non-hydrogen) atoms. The van der Waals surface area contributed by atoms with Gasteiger partial charge >= 0.3 is 0 Å². The average Bonchev–Trinajstić information content (AvgIpc) is 2.77. The molecule has 0 aliphatic rings. The van der Waals surface area contributed by atoms with Crippen molar-refractivity contribution in [3.05, 3.63) is 34.9 Å². The lowest BCUT2D eigenvalue weighted by Gasteiger charge is -2.01. The normalized spacial score (nSPS) is 11.2. The van der Waals surface area contributed by atoms with Gasteiger partial charge in [-0.2, -0.15) is 4.98 Å². The number of aromatic nitrogens is 2. The molecule has 6 heteroatoms. The molecule has 0 saturated heterocycles. The molecular weight excluding hydrogens is 282 g/mol. The van der Waals surface area contributed by atoms with Crippen LogP contribution in [0, 0.1) is 5.92 Å². The number of anilines is 1. The third kappa shape index (κ3) is 4.14. The third-order valence-corrected chi connectivity index (χ3v) is 3.74. The minimum atomic E-state index is 0.522. The highest BCUT2D eigenvalue weighted by Gasteiger charge is 2.09. The lowest BCUT2D eigenvalue weighted by Crippen LogP contribution is -1.96. The molecule has 2 aromatic rings. The van der Waals surface area contributed by atoms with Gasteiger partial charge in [0.2, 0.25) is 5.89 Å². The summed E-state index contributed by atoms with van der Waals surface area (Å²) in [5.41, 5.74) is 6.25. The molecule has 0 aliphatic carbocycles. The van der Waals surface area contributed by atoms with Gasteiger partial charge in [0.25, 0.3) is 0 Å². The van der Waals surface area contributed by atoms with Crippen LogP contribution in [-0.2, 0) is 12.2 Å². The predicted octanol–water partition coefficient (Wildman–Crippen LogP) is 3.80. The highest BCUT2D eigenvalue weighted by atomic mass is 35.5. The molecule has 4 nitrogen and oxygen atoms in total. The summed E-state index contributed by atoms with van der Waals surface area (Å²) in [7, 11) is 0. The van der Waals surface area contributed by atoms with Gasteiger partial charge in [-0.15, -0.1) is 11.8 Å². The van der Waals surface area contributed by atoms with Gasteiger partial charge in [0, 0.05) is 11.3 Å². The topological polar surface area (TPSA) is 64.9 Å². The molecule has 1 aromatic heterocycles. The van der Waals surface area contributed by atoms with E-state index in [0.717, 1.165) is 17.1 Å². The molecule has 1 heterocycles. The van der Waals surface area contributed by atoms with Crippen LogP contribution >= 0.6 is 23.4 Å². The zero-order chi connectivity index (χ0) is 13.8. The Labute approximate surface area is 121 Å². The van der Waals surface area contributed by atoms with Gasteiger partial charge in [0.15, 0.2) is 5.82 Å². The minimum absolute atomic E-state index is 0.522. The van der Waals surface area contributed by atoms with Crippen molar-refractivity contribution in [2.24, 2.45) is 5.92 Å². The smallest absolute Gasteiger partial charge is 0.237 e. The van der Waals surface area contributed by atoms with Crippen LogP contribution in [0.2, 0.25) is 5.02 Å². The van der Waals surface area contributed by atoms with E-state index >= 15 is 0 Å². The summed E-state index contributed by atoms with van der Waals surface area (Å²) in [6, 6.07) is 5.56. The Morgan fingerprint density at radius 1 is 1.42 bits per heavy atom. The number of benzene rings is 1. The second kappa shape index (κ2) is 6.30. The molecule has 0 saturated carbocycles. The average molecular weight is 298 g/mol. The summed E-state index contributed by atoms with van der Waals surface area (Å²) >= 11 is 7.56. The summed E-state index contributed by atoms with van der Waals surface area (Å²) in [5.74, 6) is 2.55. The SMILES string of the molecule is CC(C)Cc1noc(CSc2ccc(N)c(Cl)c2)n1. The van der Waals surface area contributed by atoms with Crippen LogP contribution in [0.5, 0.6) is 0 Å². The van der Waals surface area contributed by atoms with E-state index in [4.69, 9.17) is 21.9 Å². The predicted molar refractivity (Wildman–Crippen MR) is 78.3 cm³/mol. The fraction of sp³-hybridized carbons (Fsp3) is 0.385. The van der Waals surface area contributed by atoms with Crippen molar-refractivity contribution in [1.82, 2.24) is 10.1 Å². The number of hydrogen-bond acceptors (Lipinski definition) is 5. The summed E-state index contributed by atoms with van der Waals surface area (Å²) in [5, 5.41) is 4.52. The van der Waals surface area contributed by atoms with Gasteiger partial charge in [-0.3, -0.25) is 0 Å². The number of halogens is 1. The number of thioether (sulfide) groups is 1. The standard InChI is InChI=1S/C13H16ClN3OS/c1-8(2)5-12-16-13(18-17-12)7-19-9-3-4-11(15)10(14)6-9/h3-4,6,8H,5,7,15H2,1-2H3. The molecule has 2 N–H and O–H groups in total. The van der Waals surface area contributed by atoms with E-state index in [1.165, 1.54) is 0 Å². The Bertz CT molecular complexity index is 557. The molecule has 0 amide bonds. The molecule has 2 rings (SSSR count). The largest absolute Gasteiger partial charge is 0.398 e. The van der Waals surface area contributed by atoms with E-state index in [1.807, 2.05) is 12.1 Å². The maximum Gasteiger partial charge on any atom is 0.237 e. The molecule has 0 bridgehead atoms. The number of rotatable bonds is 5. The van der Waals surface area contributed by atoms with E-state index in [1.54, 1.807) is 17.8 Å². The molecule has 0 spiro atoms. The van der Waals surface area contributed by atoms with E-state index in [9.17, 15) is 0 Å². The fourth-order valence-corrected chi connectivity index (χ4v) is 2.56. The zero-order valence-electron chi connectivity index (χ0n) is 10.9. The Balaban J connectivity index is 1.94. The molecular formula is C13H16ClN3OS. The number of hydrogen-bond donors (Lipinski definition) is 1. The lowest BCUT2D eigenvalue weighted by atomic mass is 10.1. The second-order valence-corrected chi connectivity index (χ2v) is 6.13. The summed E-state index contributed by atoms with van der Waals surface area (Å²) in [6.07, 6.45) is 0.835. The Hall–Kier alpha value is -1.20. The summed E-state index contributed by atoms with van der Waals surface area (Å²) in [4.78, 5) is 5.38. The maximum absolute atomic E-state index is 5.97. The quantitative estimate of drug-likeness (QED) is 0.672. The zero-order valence-corrected chi connectivity index (χ0v) is 12.5. The van der Waals surface area contributed by atoms with Gasteiger partial charge in [-0.1, -0.05) is 30.6 Å². The molecule has 0 fully saturated rings. The van der Waals surface area contributed by atoms with Gasteiger partial charge in [0.1, 0.15) is 0 Å². The van der Waals surface area contributed by atoms with Gasteiger partial charge in [0.05, 0.1) is 16.5 Å². The molecule has 0 atom stereocenters. The van der Waals surface area contributed by atoms with E-state index in [2.05, 4.69) is 24.0 Å². The van der Waals surface area contributed by atoms with E-state index in [-0.39, 0.29) is 0 Å². The first-order valence-electron chi connectivity index (χ1n) is 6.04. The van der Waals surface area contributed by atoms with Crippen LogP contribution in [0.3, 0.4) is 0 Å². The lowest BCUT2D eigenvalue weighted by molar-refractivity contribution is 0.382. The summed E-state index contributed by atoms with van der Waals surface area (Å²) < 4.78 is 5.20. The van der Waals surface area contributed by atoms with Crippen molar-refractivity contribution >= 4 is 29.1 Å². The van der Waals surface area contributed by atoms with Crippen LogP contribution in [0.4, 0.5) is 5.69 Å². The van der Waals surface area contributed by atoms with Crippen LogP contribution in [-0.4, -0.2) is 10.1 Å². The van der Waals surface area contributed by atoms with Crippen molar-refractivity contribution in [1.29, 1.82) is 0 Å². The van der Waals surface area contributed by atoms with E-state index < -0.39 is 0 Å². The third-order valence-electron chi connectivity index (χ3n) is 2.44. The second-order valence-electron chi connectivity index (χ2n) is 4.67. The molecule has 1 aromatic carbocycles. The van der Waals surface area contributed by atoms with Gasteiger partial charge in [-0.25, -0.2) is 0 Å². The molecule has 0 unspecified atom stereocenters. The van der Waals surface area contributed by atoms with Crippen molar-refractivity contribution in [2.45, 2.75) is 30.9 Å². The Morgan fingerprint density at radius 2 is 2.21 bits per heavy atom. The van der Waals surface area contributed by atoms with Crippen molar-refractivity contribution < 1.29 is 4.52 Å². The first kappa shape index (κ1) is 14.2. The van der Waals surface area contributed by atoms with Crippen LogP contribution < -0.4 is 5.73 Å². The first-order chi connectivity index (χ1) is 9.04. The molecule has 0 aliphatic heterocycles. The maximum atomic E-state index is 5.97. The highest BCUT2D eigenvalue weighted by Crippen LogP contribution is 2.28. The highest BCUT2D eigenvalue weighted by molar-refractivity contribution is 7.98. The number of nitrogens with two attached hydrogens (primary N) is 1. The number of nitrogens with zero attached hydrogens (tertiary/aromatic N) is 2. The van der Waals surface area contributed by atoms with Crippen LogP contribution in [0.15, 0.2) is 27.6 Å². The van der Waals surface area contributed by atoms with Crippen molar-refractivity contribution in [3.63, 3.8) is 0 Å². The van der Waals surface area contributed by atoms with Crippen LogP contribution in [0.1, 0.15) is 25.6 Å². The summed E-state index contributed by atoms with van der Waals surface area (Å²) in [6.45, 7) is 4.25. The Kier molecular flexibility index (Phi) is 4.71.